The van der Waals surface area contributed by atoms with Crippen molar-refractivity contribution >= 4 is 5.65 Å². The SMILES string of the molecule is Fc1ccc(-c2ncn(CC(F)F)c2-c2ccc3nccn3c2)nc1. The summed E-state index contributed by atoms with van der Waals surface area (Å²) >= 11 is 0. The summed E-state index contributed by atoms with van der Waals surface area (Å²) in [5, 5.41) is 0. The molecule has 126 valence electrons. The summed E-state index contributed by atoms with van der Waals surface area (Å²) in [6.07, 6.45) is 5.10. The molecule has 0 aromatic carbocycles. The van der Waals surface area contributed by atoms with Gasteiger partial charge in [-0.05, 0) is 24.3 Å². The van der Waals surface area contributed by atoms with Crippen molar-refractivity contribution in [2.75, 3.05) is 0 Å². The molecule has 4 rings (SSSR count). The van der Waals surface area contributed by atoms with Gasteiger partial charge in [0, 0.05) is 24.2 Å². The van der Waals surface area contributed by atoms with Crippen molar-refractivity contribution in [3.8, 4) is 22.6 Å². The van der Waals surface area contributed by atoms with E-state index in [0.717, 1.165) is 11.8 Å². The molecule has 0 fully saturated rings. The van der Waals surface area contributed by atoms with Gasteiger partial charge in [0.1, 0.15) is 17.2 Å². The molecule has 0 N–H and O–H groups in total. The Labute approximate surface area is 140 Å². The maximum Gasteiger partial charge on any atom is 0.256 e. The van der Waals surface area contributed by atoms with Gasteiger partial charge in [0.15, 0.2) is 0 Å². The van der Waals surface area contributed by atoms with Crippen LogP contribution in [0.2, 0.25) is 0 Å². The van der Waals surface area contributed by atoms with Crippen molar-refractivity contribution in [3.05, 3.63) is 61.2 Å². The van der Waals surface area contributed by atoms with Crippen LogP contribution >= 0.6 is 0 Å². The molecule has 0 unspecified atom stereocenters. The van der Waals surface area contributed by atoms with E-state index in [0.29, 0.717) is 22.6 Å². The van der Waals surface area contributed by atoms with Crippen LogP contribution < -0.4 is 0 Å². The van der Waals surface area contributed by atoms with Gasteiger partial charge in [-0.2, -0.15) is 0 Å². The van der Waals surface area contributed by atoms with E-state index in [1.807, 2.05) is 0 Å². The third-order valence-electron chi connectivity index (χ3n) is 3.80. The molecule has 4 aromatic heterocycles. The number of aromatic nitrogens is 5. The quantitative estimate of drug-likeness (QED) is 0.568. The normalized spacial score (nSPS) is 11.5. The van der Waals surface area contributed by atoms with Crippen LogP contribution in [0.15, 0.2) is 55.4 Å². The highest BCUT2D eigenvalue weighted by Gasteiger charge is 2.19. The zero-order valence-corrected chi connectivity index (χ0v) is 12.9. The van der Waals surface area contributed by atoms with Crippen LogP contribution in [0, 0.1) is 5.82 Å². The molecule has 0 saturated carbocycles. The minimum absolute atomic E-state index is 0.412. The summed E-state index contributed by atoms with van der Waals surface area (Å²) in [6, 6.07) is 6.31. The van der Waals surface area contributed by atoms with Gasteiger partial charge in [-0.1, -0.05) is 0 Å². The second-order valence-corrected chi connectivity index (χ2v) is 5.46. The molecule has 8 heteroatoms. The molecule has 0 saturated heterocycles. The lowest BCUT2D eigenvalue weighted by Crippen LogP contribution is -2.07. The van der Waals surface area contributed by atoms with Crippen LogP contribution in [0.4, 0.5) is 13.2 Å². The number of hydrogen-bond donors (Lipinski definition) is 0. The summed E-state index contributed by atoms with van der Waals surface area (Å²) < 4.78 is 42.2. The van der Waals surface area contributed by atoms with Crippen LogP contribution in [0.5, 0.6) is 0 Å². The predicted molar refractivity (Wildman–Crippen MR) is 85.6 cm³/mol. The number of alkyl halides is 2. The predicted octanol–water partition coefficient (Wildman–Crippen LogP) is 3.66. The Kier molecular flexibility index (Phi) is 3.72. The van der Waals surface area contributed by atoms with Crippen LogP contribution in [0.25, 0.3) is 28.3 Å². The molecule has 0 radical (unpaired) electrons. The first-order chi connectivity index (χ1) is 12.1. The molecule has 0 aliphatic carbocycles. The first-order valence-electron chi connectivity index (χ1n) is 7.50. The van der Waals surface area contributed by atoms with Gasteiger partial charge >= 0.3 is 0 Å². The zero-order valence-electron chi connectivity index (χ0n) is 12.9. The third-order valence-corrected chi connectivity index (χ3v) is 3.80. The summed E-state index contributed by atoms with van der Waals surface area (Å²) in [5.41, 5.74) is 2.75. The molecule has 5 nitrogen and oxygen atoms in total. The molecule has 0 atom stereocenters. The van der Waals surface area contributed by atoms with E-state index >= 15 is 0 Å². The topological polar surface area (TPSA) is 48.0 Å². The minimum atomic E-state index is -2.53. The lowest BCUT2D eigenvalue weighted by molar-refractivity contribution is 0.127. The molecule has 0 amide bonds. The highest BCUT2D eigenvalue weighted by Crippen LogP contribution is 2.31. The van der Waals surface area contributed by atoms with Gasteiger partial charge in [0.05, 0.1) is 30.5 Å². The molecule has 0 spiro atoms. The van der Waals surface area contributed by atoms with E-state index in [2.05, 4.69) is 15.0 Å². The fraction of sp³-hybridized carbons (Fsp3) is 0.118. The van der Waals surface area contributed by atoms with E-state index in [1.165, 1.54) is 23.0 Å². The van der Waals surface area contributed by atoms with Crippen molar-refractivity contribution in [1.29, 1.82) is 0 Å². The maximum atomic E-state index is 13.1. The summed E-state index contributed by atoms with van der Waals surface area (Å²) in [5.74, 6) is -0.475. The lowest BCUT2D eigenvalue weighted by atomic mass is 10.1. The number of hydrogen-bond acceptors (Lipinski definition) is 3. The third kappa shape index (κ3) is 2.86. The fourth-order valence-corrected chi connectivity index (χ4v) is 2.74. The van der Waals surface area contributed by atoms with Gasteiger partial charge in [0.25, 0.3) is 6.43 Å². The first kappa shape index (κ1) is 15.4. The van der Waals surface area contributed by atoms with E-state index in [9.17, 15) is 13.2 Å². The molecule has 4 heterocycles. The van der Waals surface area contributed by atoms with Crippen LogP contribution in [-0.2, 0) is 6.54 Å². The Bertz CT molecular complexity index is 1020. The Morgan fingerprint density at radius 3 is 2.68 bits per heavy atom. The largest absolute Gasteiger partial charge is 0.324 e. The van der Waals surface area contributed by atoms with Gasteiger partial charge in [0.2, 0.25) is 0 Å². The molecule has 4 aromatic rings. The van der Waals surface area contributed by atoms with E-state index in [-0.39, 0.29) is 0 Å². The number of fused-ring (bicyclic) bond motifs is 1. The van der Waals surface area contributed by atoms with E-state index in [4.69, 9.17) is 0 Å². The number of rotatable bonds is 4. The summed E-state index contributed by atoms with van der Waals surface area (Å²) in [4.78, 5) is 12.4. The van der Waals surface area contributed by atoms with Gasteiger partial charge in [-0.3, -0.25) is 4.98 Å². The highest BCUT2D eigenvalue weighted by molar-refractivity contribution is 5.77. The average molecular weight is 343 g/mol. The van der Waals surface area contributed by atoms with Crippen LogP contribution in [0.3, 0.4) is 0 Å². The highest BCUT2D eigenvalue weighted by atomic mass is 19.3. The Morgan fingerprint density at radius 1 is 1.04 bits per heavy atom. The van der Waals surface area contributed by atoms with Gasteiger partial charge < -0.3 is 8.97 Å². The van der Waals surface area contributed by atoms with Crippen molar-refractivity contribution in [3.63, 3.8) is 0 Å². The number of nitrogens with zero attached hydrogens (tertiary/aromatic N) is 5. The standard InChI is InChI=1S/C17H12F3N5/c18-12-2-3-13(22-7-12)16-17(25(10-23-16)9-14(19)20)11-1-4-15-21-5-6-24(15)8-11/h1-8,10,14H,9H2. The lowest BCUT2D eigenvalue weighted by Gasteiger charge is -2.10. The monoisotopic (exact) mass is 343 g/mol. The van der Waals surface area contributed by atoms with Crippen molar-refractivity contribution in [2.24, 2.45) is 0 Å². The average Bonchev–Trinajstić information content (AvgIpc) is 3.21. The number of imidazole rings is 2. The smallest absolute Gasteiger partial charge is 0.256 e. The molecule has 0 aliphatic heterocycles. The van der Waals surface area contributed by atoms with Crippen molar-refractivity contribution < 1.29 is 13.2 Å². The van der Waals surface area contributed by atoms with Gasteiger partial charge in [-0.25, -0.2) is 23.1 Å². The van der Waals surface area contributed by atoms with Crippen molar-refractivity contribution in [2.45, 2.75) is 13.0 Å². The molecule has 25 heavy (non-hydrogen) atoms. The van der Waals surface area contributed by atoms with Gasteiger partial charge in [-0.15, -0.1) is 0 Å². The second-order valence-electron chi connectivity index (χ2n) is 5.46. The number of halogens is 3. The van der Waals surface area contributed by atoms with Crippen LogP contribution in [-0.4, -0.2) is 30.3 Å². The van der Waals surface area contributed by atoms with E-state index in [1.54, 1.807) is 35.1 Å². The van der Waals surface area contributed by atoms with E-state index < -0.39 is 18.8 Å². The molecule has 0 aliphatic rings. The summed E-state index contributed by atoms with van der Waals surface area (Å²) in [7, 11) is 0. The molecule has 0 bridgehead atoms. The Balaban J connectivity index is 1.90. The van der Waals surface area contributed by atoms with Crippen molar-refractivity contribution in [1.82, 2.24) is 23.9 Å². The Hall–Kier alpha value is -3.16. The first-order valence-corrected chi connectivity index (χ1v) is 7.50. The Morgan fingerprint density at radius 2 is 1.92 bits per heavy atom. The minimum Gasteiger partial charge on any atom is -0.324 e. The fourth-order valence-electron chi connectivity index (χ4n) is 2.74. The maximum absolute atomic E-state index is 13.1. The summed E-state index contributed by atoms with van der Waals surface area (Å²) in [6.45, 7) is -0.495. The zero-order chi connectivity index (χ0) is 17.4. The second kappa shape index (κ2) is 6.04. The number of pyridine rings is 2. The molecular weight excluding hydrogens is 331 g/mol. The molecular formula is C17H12F3N5. The van der Waals surface area contributed by atoms with Crippen LogP contribution in [0.1, 0.15) is 0 Å².